The zero-order valence-electron chi connectivity index (χ0n) is 13.8. The molecule has 1 atom stereocenters. The van der Waals surface area contributed by atoms with Crippen molar-refractivity contribution < 1.29 is 14.6 Å². The van der Waals surface area contributed by atoms with Crippen LogP contribution in [-0.2, 0) is 22.6 Å². The minimum atomic E-state index is -0.248. The lowest BCUT2D eigenvalue weighted by molar-refractivity contribution is -0.122. The van der Waals surface area contributed by atoms with E-state index in [-0.39, 0.29) is 17.7 Å². The fourth-order valence-electron chi connectivity index (χ4n) is 3.50. The summed E-state index contributed by atoms with van der Waals surface area (Å²) in [6.45, 7) is 6.58. The molecule has 6 nitrogen and oxygen atoms in total. The fraction of sp³-hybridized carbons (Fsp3) is 0.647. The van der Waals surface area contributed by atoms with Crippen LogP contribution in [0.1, 0.15) is 49.4 Å². The Bertz CT molecular complexity index is 616. The molecule has 3 rings (SSSR count). The molecule has 1 unspecified atom stereocenters. The highest BCUT2D eigenvalue weighted by Gasteiger charge is 2.30. The van der Waals surface area contributed by atoms with Crippen molar-refractivity contribution in [2.45, 2.75) is 45.6 Å². The lowest BCUT2D eigenvalue weighted by atomic mass is 9.94. The minimum Gasteiger partial charge on any atom is -0.506 e. The third kappa shape index (κ3) is 3.00. The number of carbonyl (C=O) groups excluding carboxylic acids is 1. The van der Waals surface area contributed by atoms with E-state index < -0.39 is 0 Å². The summed E-state index contributed by atoms with van der Waals surface area (Å²) in [4.78, 5) is 18.4. The van der Waals surface area contributed by atoms with Gasteiger partial charge in [-0.05, 0) is 25.2 Å². The molecule has 0 spiro atoms. The molecule has 0 radical (unpaired) electrons. The van der Waals surface area contributed by atoms with Crippen molar-refractivity contribution >= 4 is 11.7 Å². The molecular formula is C17H25N3O3. The van der Waals surface area contributed by atoms with Crippen molar-refractivity contribution in [1.29, 1.82) is 0 Å². The third-order valence-electron chi connectivity index (χ3n) is 4.80. The smallest absolute Gasteiger partial charge is 0.222 e. The highest BCUT2D eigenvalue weighted by Crippen LogP contribution is 2.38. The number of fused-ring (bicyclic) bond motifs is 1. The molecule has 23 heavy (non-hydrogen) atoms. The Kier molecular flexibility index (Phi) is 4.43. The van der Waals surface area contributed by atoms with Gasteiger partial charge in [-0.25, -0.2) is 4.98 Å². The van der Waals surface area contributed by atoms with Gasteiger partial charge in [0.25, 0.3) is 0 Å². The van der Waals surface area contributed by atoms with Gasteiger partial charge in [0.1, 0.15) is 11.6 Å². The number of carbonyl (C=O) groups is 1. The minimum absolute atomic E-state index is 0.137. The fourth-order valence-corrected chi connectivity index (χ4v) is 3.50. The van der Waals surface area contributed by atoms with Crippen LogP contribution in [0.25, 0.3) is 0 Å². The summed E-state index contributed by atoms with van der Waals surface area (Å²) in [5.74, 6) is 0.918. The van der Waals surface area contributed by atoms with E-state index in [1.54, 1.807) is 0 Å². The summed E-state index contributed by atoms with van der Waals surface area (Å²) in [7, 11) is 0. The van der Waals surface area contributed by atoms with Gasteiger partial charge in [-0.1, -0.05) is 13.8 Å². The van der Waals surface area contributed by atoms with E-state index in [1.165, 1.54) is 0 Å². The maximum Gasteiger partial charge on any atom is 0.222 e. The average Bonchev–Trinajstić information content (AvgIpc) is 2.55. The van der Waals surface area contributed by atoms with Crippen LogP contribution in [0.2, 0.25) is 0 Å². The molecule has 3 heterocycles. The number of amides is 1. The zero-order valence-corrected chi connectivity index (χ0v) is 13.8. The van der Waals surface area contributed by atoms with Crippen LogP contribution in [0.4, 0.5) is 5.82 Å². The van der Waals surface area contributed by atoms with E-state index in [1.807, 2.05) is 13.8 Å². The molecule has 0 saturated carbocycles. The molecule has 0 aliphatic carbocycles. The molecular weight excluding hydrogens is 294 g/mol. The van der Waals surface area contributed by atoms with Gasteiger partial charge in [0.2, 0.25) is 5.91 Å². The Labute approximate surface area is 136 Å². The lowest BCUT2D eigenvalue weighted by Crippen LogP contribution is -2.42. The van der Waals surface area contributed by atoms with Crippen molar-refractivity contribution in [2.24, 2.45) is 11.7 Å². The van der Waals surface area contributed by atoms with Crippen LogP contribution < -0.4 is 10.6 Å². The van der Waals surface area contributed by atoms with Crippen LogP contribution >= 0.6 is 0 Å². The van der Waals surface area contributed by atoms with Gasteiger partial charge in [0.05, 0.1) is 24.8 Å². The van der Waals surface area contributed by atoms with Gasteiger partial charge in [0.15, 0.2) is 0 Å². The van der Waals surface area contributed by atoms with Gasteiger partial charge in [0, 0.05) is 24.2 Å². The van der Waals surface area contributed by atoms with E-state index >= 15 is 0 Å². The Hall–Kier alpha value is -1.82. The first-order valence-electron chi connectivity index (χ1n) is 8.35. The maximum absolute atomic E-state index is 11.6. The molecule has 1 saturated heterocycles. The number of nitrogens with zero attached hydrogens (tertiary/aromatic N) is 2. The predicted molar refractivity (Wildman–Crippen MR) is 87.5 cm³/mol. The Morgan fingerprint density at radius 2 is 2.22 bits per heavy atom. The molecule has 0 aromatic carbocycles. The van der Waals surface area contributed by atoms with Crippen molar-refractivity contribution in [3.63, 3.8) is 0 Å². The molecule has 1 fully saturated rings. The third-order valence-corrected chi connectivity index (χ3v) is 4.80. The topological polar surface area (TPSA) is 88.7 Å². The van der Waals surface area contributed by atoms with E-state index in [0.29, 0.717) is 31.9 Å². The second-order valence-electron chi connectivity index (χ2n) is 6.77. The first kappa shape index (κ1) is 16.1. The Morgan fingerprint density at radius 1 is 1.43 bits per heavy atom. The summed E-state index contributed by atoms with van der Waals surface area (Å²) in [5, 5.41) is 10.6. The molecule has 3 N–H and O–H groups in total. The number of rotatable bonds is 3. The summed E-state index contributed by atoms with van der Waals surface area (Å²) in [6.07, 6.45) is 2.45. The monoisotopic (exact) mass is 319 g/mol. The number of primary amides is 1. The predicted octanol–water partition coefficient (Wildman–Crippen LogP) is 1.68. The molecule has 1 aromatic heterocycles. The SMILES string of the molecule is CC(C)c1nc(N2CCCC(C(N)=O)C2)c2c(c1O)CCOC2. The van der Waals surface area contributed by atoms with Crippen molar-refractivity contribution in [3.8, 4) is 5.75 Å². The first-order chi connectivity index (χ1) is 11.0. The van der Waals surface area contributed by atoms with Crippen molar-refractivity contribution in [2.75, 3.05) is 24.6 Å². The number of ether oxygens (including phenoxy) is 1. The summed E-state index contributed by atoms with van der Waals surface area (Å²) in [6, 6.07) is 0. The van der Waals surface area contributed by atoms with Crippen LogP contribution in [-0.4, -0.2) is 35.7 Å². The maximum atomic E-state index is 11.6. The number of anilines is 1. The Morgan fingerprint density at radius 3 is 2.91 bits per heavy atom. The zero-order chi connectivity index (χ0) is 16.6. The standard InChI is InChI=1S/C17H25N3O3/c1-10(2)14-15(21)12-5-7-23-9-13(12)17(19-14)20-6-3-4-11(8-20)16(18)22/h10-11,21H,3-9H2,1-2H3,(H2,18,22). The van der Waals surface area contributed by atoms with Crippen LogP contribution in [0.15, 0.2) is 0 Å². The Balaban J connectivity index is 2.03. The van der Waals surface area contributed by atoms with Crippen LogP contribution in [0.3, 0.4) is 0 Å². The number of piperidine rings is 1. The van der Waals surface area contributed by atoms with Crippen LogP contribution in [0.5, 0.6) is 5.75 Å². The molecule has 1 aromatic rings. The van der Waals surface area contributed by atoms with E-state index in [0.717, 1.165) is 42.0 Å². The number of aromatic hydroxyl groups is 1. The number of nitrogens with two attached hydrogens (primary N) is 1. The normalized spacial score (nSPS) is 21.3. The number of aromatic nitrogens is 1. The van der Waals surface area contributed by atoms with Gasteiger partial charge in [-0.2, -0.15) is 0 Å². The van der Waals surface area contributed by atoms with E-state index in [4.69, 9.17) is 15.5 Å². The van der Waals surface area contributed by atoms with E-state index in [9.17, 15) is 9.90 Å². The van der Waals surface area contributed by atoms with Crippen LogP contribution in [0, 0.1) is 5.92 Å². The summed E-state index contributed by atoms with van der Waals surface area (Å²) < 4.78 is 5.59. The largest absolute Gasteiger partial charge is 0.506 e. The summed E-state index contributed by atoms with van der Waals surface area (Å²) >= 11 is 0. The van der Waals surface area contributed by atoms with Gasteiger partial charge < -0.3 is 20.5 Å². The molecule has 0 bridgehead atoms. The van der Waals surface area contributed by atoms with Gasteiger partial charge in [-0.15, -0.1) is 0 Å². The lowest BCUT2D eigenvalue weighted by Gasteiger charge is -2.35. The van der Waals surface area contributed by atoms with E-state index in [2.05, 4.69) is 4.90 Å². The quantitative estimate of drug-likeness (QED) is 0.885. The first-order valence-corrected chi connectivity index (χ1v) is 8.35. The van der Waals surface area contributed by atoms with Gasteiger partial charge >= 0.3 is 0 Å². The van der Waals surface area contributed by atoms with Gasteiger partial charge in [-0.3, -0.25) is 4.79 Å². The molecule has 126 valence electrons. The highest BCUT2D eigenvalue weighted by atomic mass is 16.5. The van der Waals surface area contributed by atoms with Crippen molar-refractivity contribution in [3.05, 3.63) is 16.8 Å². The second-order valence-corrected chi connectivity index (χ2v) is 6.77. The molecule has 6 heteroatoms. The average molecular weight is 319 g/mol. The number of pyridine rings is 1. The number of hydrogen-bond donors (Lipinski definition) is 2. The molecule has 2 aliphatic heterocycles. The number of hydrogen-bond acceptors (Lipinski definition) is 5. The highest BCUT2D eigenvalue weighted by molar-refractivity contribution is 5.77. The summed E-state index contributed by atoms with van der Waals surface area (Å²) in [5.41, 5.74) is 8.13. The van der Waals surface area contributed by atoms with Crippen molar-refractivity contribution in [1.82, 2.24) is 4.98 Å². The molecule has 1 amide bonds. The second kappa shape index (κ2) is 6.35. The molecule has 2 aliphatic rings.